The molecule has 0 aromatic heterocycles. The topological polar surface area (TPSA) is 133 Å². The van der Waals surface area contributed by atoms with Gasteiger partial charge in [-0.25, -0.2) is 0 Å². The number of carbonyl (C=O) groups is 2. The van der Waals surface area contributed by atoms with E-state index in [9.17, 15) is 9.59 Å². The fourth-order valence-electron chi connectivity index (χ4n) is 0.761. The largest absolute Gasteiger partial charge is 0.480 e. The predicted octanol–water partition coefficient (Wildman–Crippen LogP) is -0.760. The van der Waals surface area contributed by atoms with Crippen molar-refractivity contribution in [2.45, 2.75) is 38.8 Å². The lowest BCUT2D eigenvalue weighted by Crippen LogP contribution is -2.37. The highest BCUT2D eigenvalue weighted by Gasteiger charge is 2.14. The van der Waals surface area contributed by atoms with E-state index < -0.39 is 24.0 Å². The molecule has 17 heavy (non-hydrogen) atoms. The van der Waals surface area contributed by atoms with Crippen LogP contribution in [0.1, 0.15) is 26.7 Å². The summed E-state index contributed by atoms with van der Waals surface area (Å²) in [7, 11) is 0. The van der Waals surface area contributed by atoms with Gasteiger partial charge in [-0.15, -0.1) is 0 Å². The number of aliphatic carboxylic acids is 2. The summed E-state index contributed by atoms with van der Waals surface area (Å²) in [6, 6.07) is -1.33. The van der Waals surface area contributed by atoms with Gasteiger partial charge in [-0.3, -0.25) is 9.59 Å². The van der Waals surface area contributed by atoms with Crippen LogP contribution >= 0.6 is 0 Å². The zero-order valence-corrected chi connectivity index (χ0v) is 10.2. The van der Waals surface area contributed by atoms with Gasteiger partial charge in [-0.2, -0.15) is 0 Å². The Morgan fingerprint density at radius 1 is 1.29 bits per heavy atom. The van der Waals surface area contributed by atoms with Gasteiger partial charge < -0.3 is 26.4 Å². The third kappa shape index (κ3) is 12.8. The average molecular weight is 250 g/mol. The number of rotatable bonds is 7. The number of aliphatic hydroxyl groups excluding tert-OH is 1. The maximum absolute atomic E-state index is 10.4. The highest BCUT2D eigenvalue weighted by Crippen LogP contribution is 1.90. The van der Waals surface area contributed by atoms with E-state index in [0.717, 1.165) is 6.42 Å². The van der Waals surface area contributed by atoms with E-state index >= 15 is 0 Å². The zero-order valence-electron chi connectivity index (χ0n) is 10.2. The first-order valence-electron chi connectivity index (χ1n) is 5.42. The molecule has 0 saturated carbocycles. The molecular formula is C10H22N2O5. The van der Waals surface area contributed by atoms with Crippen LogP contribution in [0.2, 0.25) is 0 Å². The van der Waals surface area contributed by atoms with Crippen LogP contribution in [0.5, 0.6) is 0 Å². The quantitative estimate of drug-likeness (QED) is 0.401. The lowest BCUT2D eigenvalue weighted by atomic mass is 10.2. The second-order valence-corrected chi connectivity index (χ2v) is 3.48. The van der Waals surface area contributed by atoms with Crippen molar-refractivity contribution in [3.05, 3.63) is 0 Å². The van der Waals surface area contributed by atoms with Crippen LogP contribution in [0.3, 0.4) is 0 Å². The minimum Gasteiger partial charge on any atom is -0.480 e. The normalized spacial score (nSPS) is 13.2. The molecule has 0 aliphatic rings. The highest BCUT2D eigenvalue weighted by molar-refractivity contribution is 5.73. The van der Waals surface area contributed by atoms with E-state index in [1.807, 2.05) is 6.92 Å². The summed E-state index contributed by atoms with van der Waals surface area (Å²) in [5.74, 6) is -1.86. The molecule has 0 rings (SSSR count). The van der Waals surface area contributed by atoms with Gasteiger partial charge in [0, 0.05) is 6.61 Å². The average Bonchev–Trinajstić information content (AvgIpc) is 2.24. The van der Waals surface area contributed by atoms with E-state index in [0.29, 0.717) is 6.54 Å². The number of hydrogen-bond acceptors (Lipinski definition) is 5. The van der Waals surface area contributed by atoms with Crippen molar-refractivity contribution in [2.24, 2.45) is 5.73 Å². The predicted molar refractivity (Wildman–Crippen MR) is 62.7 cm³/mol. The number of nitrogens with one attached hydrogen (secondary N) is 1. The Hall–Kier alpha value is -1.18. The lowest BCUT2D eigenvalue weighted by molar-refractivity contribution is -0.140. The molecule has 0 aromatic rings. The number of carboxylic acids is 2. The molecule has 0 heterocycles. The van der Waals surface area contributed by atoms with Gasteiger partial charge >= 0.3 is 11.9 Å². The molecule has 2 unspecified atom stereocenters. The van der Waals surface area contributed by atoms with Gasteiger partial charge in [0.25, 0.3) is 0 Å². The summed E-state index contributed by atoms with van der Waals surface area (Å²) in [5, 5.41) is 27.7. The maximum atomic E-state index is 10.4. The summed E-state index contributed by atoms with van der Waals surface area (Å²) in [6.07, 6.45) is 1.17. The smallest absolute Gasteiger partial charge is 0.320 e. The molecule has 7 nitrogen and oxygen atoms in total. The fourth-order valence-corrected chi connectivity index (χ4v) is 0.761. The monoisotopic (exact) mass is 250 g/mol. The van der Waals surface area contributed by atoms with Gasteiger partial charge in [0.1, 0.15) is 12.1 Å². The summed E-state index contributed by atoms with van der Waals surface area (Å²) in [4.78, 5) is 20.0. The Kier molecular flexibility index (Phi) is 12.1. The fraction of sp³-hybridized carbons (Fsp3) is 0.800. The van der Waals surface area contributed by atoms with Crippen molar-refractivity contribution in [1.82, 2.24) is 5.32 Å². The molecule has 0 amide bonds. The van der Waals surface area contributed by atoms with Crippen molar-refractivity contribution in [3.8, 4) is 0 Å². The summed E-state index contributed by atoms with van der Waals surface area (Å²) in [6.45, 7) is 3.97. The van der Waals surface area contributed by atoms with Gasteiger partial charge in [-0.05, 0) is 26.3 Å². The number of carboxylic acid groups (broad SMARTS) is 2. The molecular weight excluding hydrogens is 228 g/mol. The Balaban J connectivity index is 0. The summed E-state index contributed by atoms with van der Waals surface area (Å²) < 4.78 is 0. The molecule has 0 aliphatic heterocycles. The third-order valence-electron chi connectivity index (χ3n) is 1.75. The first kappa shape index (κ1) is 18.2. The van der Waals surface area contributed by atoms with Crippen molar-refractivity contribution in [3.63, 3.8) is 0 Å². The highest BCUT2D eigenvalue weighted by atomic mass is 16.4. The molecule has 102 valence electrons. The molecule has 0 aliphatic carbocycles. The van der Waals surface area contributed by atoms with Gasteiger partial charge in [-0.1, -0.05) is 6.92 Å². The number of hydrogen-bond donors (Lipinski definition) is 5. The van der Waals surface area contributed by atoms with E-state index in [1.54, 1.807) is 0 Å². The molecule has 0 bridgehead atoms. The SMILES string of the molecule is CC(N)C(=O)O.CCCNC(CCO)C(=O)O. The lowest BCUT2D eigenvalue weighted by Gasteiger charge is -2.11. The van der Waals surface area contributed by atoms with Crippen LogP contribution in [-0.2, 0) is 9.59 Å². The van der Waals surface area contributed by atoms with E-state index in [1.165, 1.54) is 6.92 Å². The standard InChI is InChI=1S/C7H15NO3.C3H7NO2/c1-2-4-8-6(3-5-9)7(10)11;1-2(4)3(5)6/h6,8-9H,2-5H2,1H3,(H,10,11);2H,4H2,1H3,(H,5,6). The molecule has 0 aromatic carbocycles. The van der Waals surface area contributed by atoms with Gasteiger partial charge in [0.2, 0.25) is 0 Å². The molecule has 0 radical (unpaired) electrons. The van der Waals surface area contributed by atoms with Crippen LogP contribution in [0, 0.1) is 0 Å². The first-order valence-corrected chi connectivity index (χ1v) is 5.42. The minimum atomic E-state index is -0.963. The molecule has 2 atom stereocenters. The van der Waals surface area contributed by atoms with Crippen LogP contribution in [0.25, 0.3) is 0 Å². The molecule has 0 spiro atoms. The van der Waals surface area contributed by atoms with Crippen LogP contribution in [0.4, 0.5) is 0 Å². The number of aliphatic hydroxyl groups is 1. The van der Waals surface area contributed by atoms with Crippen LogP contribution in [0.15, 0.2) is 0 Å². The zero-order chi connectivity index (χ0) is 13.8. The van der Waals surface area contributed by atoms with Crippen molar-refractivity contribution >= 4 is 11.9 Å². The van der Waals surface area contributed by atoms with E-state index in [-0.39, 0.29) is 13.0 Å². The van der Waals surface area contributed by atoms with Crippen LogP contribution < -0.4 is 11.1 Å². The number of nitrogens with two attached hydrogens (primary N) is 1. The first-order chi connectivity index (χ1) is 7.86. The van der Waals surface area contributed by atoms with E-state index in [2.05, 4.69) is 5.32 Å². The molecule has 0 saturated heterocycles. The minimum absolute atomic E-state index is 0.0896. The summed E-state index contributed by atoms with van der Waals surface area (Å²) in [5.41, 5.74) is 4.84. The second-order valence-electron chi connectivity index (χ2n) is 3.48. The molecule has 6 N–H and O–H groups in total. The maximum Gasteiger partial charge on any atom is 0.320 e. The summed E-state index contributed by atoms with van der Waals surface area (Å²) >= 11 is 0. The Labute approximate surface area is 101 Å². The second kappa shape index (κ2) is 11.3. The van der Waals surface area contributed by atoms with Crippen LogP contribution in [-0.4, -0.2) is 52.5 Å². The Bertz CT molecular complexity index is 221. The van der Waals surface area contributed by atoms with Crippen molar-refractivity contribution in [2.75, 3.05) is 13.2 Å². The van der Waals surface area contributed by atoms with Crippen molar-refractivity contribution in [1.29, 1.82) is 0 Å². The Morgan fingerprint density at radius 3 is 2.00 bits per heavy atom. The van der Waals surface area contributed by atoms with Gasteiger partial charge in [0.05, 0.1) is 0 Å². The Morgan fingerprint density at radius 2 is 1.76 bits per heavy atom. The van der Waals surface area contributed by atoms with E-state index in [4.69, 9.17) is 21.1 Å². The van der Waals surface area contributed by atoms with Gasteiger partial charge in [0.15, 0.2) is 0 Å². The molecule has 0 fully saturated rings. The third-order valence-corrected chi connectivity index (χ3v) is 1.75. The molecule has 7 heteroatoms. The van der Waals surface area contributed by atoms with Crippen molar-refractivity contribution < 1.29 is 24.9 Å².